The Morgan fingerprint density at radius 1 is 1.33 bits per heavy atom. The molecule has 0 radical (unpaired) electrons. The molecule has 1 fully saturated rings. The van der Waals surface area contributed by atoms with E-state index in [0.717, 1.165) is 18.4 Å². The zero-order valence-corrected chi connectivity index (χ0v) is 12.8. The van der Waals surface area contributed by atoms with Crippen LogP contribution in [0.2, 0.25) is 0 Å². The monoisotopic (exact) mass is 285 g/mol. The van der Waals surface area contributed by atoms with Crippen molar-refractivity contribution in [3.63, 3.8) is 0 Å². The molecule has 1 aromatic rings. The van der Waals surface area contributed by atoms with E-state index in [1.54, 1.807) is 0 Å². The average Bonchev–Trinajstić information content (AvgIpc) is 2.45. The summed E-state index contributed by atoms with van der Waals surface area (Å²) >= 11 is 0. The lowest BCUT2D eigenvalue weighted by Crippen LogP contribution is -2.47. The Morgan fingerprint density at radius 3 is 2.71 bits per heavy atom. The molecule has 0 bridgehead atoms. The van der Waals surface area contributed by atoms with Gasteiger partial charge in [0.25, 0.3) is 5.91 Å². The standard InChI is InChI=1S/C18H23NO2/c1-14-8-9-16(15(13-14)7-6-12-20)17(21)19-18(2)10-4-3-5-11-18/h8-9,13,20H,3-5,10-12H2,1-2H3,(H,19,21). The van der Waals surface area contributed by atoms with E-state index in [1.807, 2.05) is 25.1 Å². The Hall–Kier alpha value is -1.79. The summed E-state index contributed by atoms with van der Waals surface area (Å²) in [5.74, 6) is 5.43. The summed E-state index contributed by atoms with van der Waals surface area (Å²) < 4.78 is 0. The topological polar surface area (TPSA) is 49.3 Å². The van der Waals surface area contributed by atoms with Gasteiger partial charge in [-0.2, -0.15) is 0 Å². The van der Waals surface area contributed by atoms with E-state index < -0.39 is 0 Å². The van der Waals surface area contributed by atoms with E-state index in [9.17, 15) is 4.79 Å². The van der Waals surface area contributed by atoms with Crippen LogP contribution in [0.15, 0.2) is 18.2 Å². The van der Waals surface area contributed by atoms with E-state index >= 15 is 0 Å². The number of hydrogen-bond acceptors (Lipinski definition) is 2. The Balaban J connectivity index is 2.22. The van der Waals surface area contributed by atoms with Gasteiger partial charge in [-0.15, -0.1) is 0 Å². The molecule has 0 saturated heterocycles. The number of hydrogen-bond donors (Lipinski definition) is 2. The first-order chi connectivity index (χ1) is 10.0. The maximum atomic E-state index is 12.6. The minimum atomic E-state index is -0.202. The molecule has 2 N–H and O–H groups in total. The Kier molecular flexibility index (Phi) is 5.03. The Morgan fingerprint density at radius 2 is 2.05 bits per heavy atom. The van der Waals surface area contributed by atoms with E-state index in [-0.39, 0.29) is 18.1 Å². The largest absolute Gasteiger partial charge is 0.384 e. The van der Waals surface area contributed by atoms with Crippen molar-refractivity contribution < 1.29 is 9.90 Å². The molecular weight excluding hydrogens is 262 g/mol. The lowest BCUT2D eigenvalue weighted by molar-refractivity contribution is 0.0882. The second-order valence-corrected chi connectivity index (χ2v) is 6.08. The van der Waals surface area contributed by atoms with Crippen LogP contribution in [-0.4, -0.2) is 23.2 Å². The van der Waals surface area contributed by atoms with Gasteiger partial charge in [-0.3, -0.25) is 4.79 Å². The molecule has 1 aliphatic rings. The first-order valence-electron chi connectivity index (χ1n) is 7.57. The number of benzene rings is 1. The third-order valence-corrected chi connectivity index (χ3v) is 4.09. The van der Waals surface area contributed by atoms with Crippen LogP contribution in [0.1, 0.15) is 60.5 Å². The number of aliphatic hydroxyl groups is 1. The number of carbonyl (C=O) groups is 1. The third kappa shape index (κ3) is 4.09. The summed E-state index contributed by atoms with van der Waals surface area (Å²) in [4.78, 5) is 12.6. The zero-order chi connectivity index (χ0) is 15.3. The van der Waals surface area contributed by atoms with Gasteiger partial charge in [-0.1, -0.05) is 37.2 Å². The van der Waals surface area contributed by atoms with Crippen LogP contribution >= 0.6 is 0 Å². The van der Waals surface area contributed by atoms with Gasteiger partial charge >= 0.3 is 0 Å². The molecule has 112 valence electrons. The molecule has 0 atom stereocenters. The second-order valence-electron chi connectivity index (χ2n) is 6.08. The van der Waals surface area contributed by atoms with Gasteiger partial charge in [-0.05, 0) is 44.4 Å². The number of carbonyl (C=O) groups excluding carboxylic acids is 1. The van der Waals surface area contributed by atoms with Gasteiger partial charge < -0.3 is 10.4 Å². The molecule has 0 unspecified atom stereocenters. The number of aryl methyl sites for hydroxylation is 1. The molecule has 1 aliphatic carbocycles. The summed E-state index contributed by atoms with van der Waals surface area (Å²) in [6, 6.07) is 5.63. The van der Waals surface area contributed by atoms with Crippen LogP contribution in [-0.2, 0) is 0 Å². The lowest BCUT2D eigenvalue weighted by atomic mass is 9.83. The van der Waals surface area contributed by atoms with Gasteiger partial charge in [0.15, 0.2) is 0 Å². The van der Waals surface area contributed by atoms with Crippen LogP contribution in [0.4, 0.5) is 0 Å². The Bertz CT molecular complexity index is 575. The quantitative estimate of drug-likeness (QED) is 0.821. The summed E-state index contributed by atoms with van der Waals surface area (Å²) in [5, 5.41) is 12.0. The smallest absolute Gasteiger partial charge is 0.252 e. The predicted octanol–water partition coefficient (Wildman–Crippen LogP) is 2.79. The summed E-state index contributed by atoms with van der Waals surface area (Å²) in [6.45, 7) is 3.89. The first kappa shape index (κ1) is 15.6. The molecule has 21 heavy (non-hydrogen) atoms. The minimum absolute atomic E-state index is 0.0679. The van der Waals surface area contributed by atoms with Crippen molar-refractivity contribution in [2.75, 3.05) is 6.61 Å². The molecule has 3 nitrogen and oxygen atoms in total. The van der Waals surface area contributed by atoms with Crippen molar-refractivity contribution in [3.05, 3.63) is 34.9 Å². The zero-order valence-electron chi connectivity index (χ0n) is 12.8. The first-order valence-corrected chi connectivity index (χ1v) is 7.57. The van der Waals surface area contributed by atoms with Crippen molar-refractivity contribution in [1.82, 2.24) is 5.32 Å². The van der Waals surface area contributed by atoms with E-state index in [2.05, 4.69) is 24.1 Å². The summed E-state index contributed by atoms with van der Waals surface area (Å²) in [5.41, 5.74) is 2.22. The highest BCUT2D eigenvalue weighted by Crippen LogP contribution is 2.28. The normalized spacial score (nSPS) is 16.7. The highest BCUT2D eigenvalue weighted by atomic mass is 16.2. The van der Waals surface area contributed by atoms with Crippen molar-refractivity contribution >= 4 is 5.91 Å². The number of rotatable bonds is 2. The molecule has 0 aliphatic heterocycles. The fourth-order valence-corrected chi connectivity index (χ4v) is 2.89. The summed E-state index contributed by atoms with van der Waals surface area (Å²) in [7, 11) is 0. The number of nitrogens with one attached hydrogen (secondary N) is 1. The van der Waals surface area contributed by atoms with Crippen molar-refractivity contribution in [1.29, 1.82) is 0 Å². The van der Waals surface area contributed by atoms with E-state index in [4.69, 9.17) is 5.11 Å². The van der Waals surface area contributed by atoms with Crippen LogP contribution in [0.5, 0.6) is 0 Å². The van der Waals surface area contributed by atoms with Gasteiger partial charge in [0.2, 0.25) is 0 Å². The molecule has 1 aromatic carbocycles. The van der Waals surface area contributed by atoms with Crippen LogP contribution < -0.4 is 5.32 Å². The number of amides is 1. The molecule has 3 heteroatoms. The van der Waals surface area contributed by atoms with Crippen LogP contribution in [0.25, 0.3) is 0 Å². The van der Waals surface area contributed by atoms with Gasteiger partial charge in [-0.25, -0.2) is 0 Å². The lowest BCUT2D eigenvalue weighted by Gasteiger charge is -2.34. The highest BCUT2D eigenvalue weighted by molar-refractivity contribution is 5.97. The SMILES string of the molecule is Cc1ccc(C(=O)NC2(C)CCCCC2)c(C#CCO)c1. The number of aliphatic hydroxyl groups excluding tert-OH is 1. The Labute approximate surface area is 126 Å². The fourth-order valence-electron chi connectivity index (χ4n) is 2.89. The van der Waals surface area contributed by atoms with Crippen molar-refractivity contribution in [2.24, 2.45) is 0 Å². The maximum absolute atomic E-state index is 12.6. The fraction of sp³-hybridized carbons (Fsp3) is 0.500. The summed E-state index contributed by atoms with van der Waals surface area (Å²) in [6.07, 6.45) is 5.65. The van der Waals surface area contributed by atoms with Gasteiger partial charge in [0.1, 0.15) is 6.61 Å². The van der Waals surface area contributed by atoms with Crippen LogP contribution in [0.3, 0.4) is 0 Å². The third-order valence-electron chi connectivity index (χ3n) is 4.09. The maximum Gasteiger partial charge on any atom is 0.252 e. The van der Waals surface area contributed by atoms with Crippen molar-refractivity contribution in [2.45, 2.75) is 51.5 Å². The van der Waals surface area contributed by atoms with E-state index in [1.165, 1.54) is 19.3 Å². The molecular formula is C18H23NO2. The molecule has 1 saturated carbocycles. The van der Waals surface area contributed by atoms with Crippen LogP contribution in [0, 0.1) is 18.8 Å². The van der Waals surface area contributed by atoms with Crippen molar-refractivity contribution in [3.8, 4) is 11.8 Å². The predicted molar refractivity (Wildman–Crippen MR) is 84.1 cm³/mol. The van der Waals surface area contributed by atoms with Gasteiger partial charge in [0.05, 0.1) is 5.56 Å². The molecule has 0 spiro atoms. The molecule has 0 heterocycles. The molecule has 1 amide bonds. The molecule has 2 rings (SSSR count). The van der Waals surface area contributed by atoms with Gasteiger partial charge in [0, 0.05) is 11.1 Å². The second kappa shape index (κ2) is 6.78. The minimum Gasteiger partial charge on any atom is -0.384 e. The van der Waals surface area contributed by atoms with E-state index in [0.29, 0.717) is 11.1 Å². The highest BCUT2D eigenvalue weighted by Gasteiger charge is 2.29. The average molecular weight is 285 g/mol. The molecule has 0 aromatic heterocycles.